The van der Waals surface area contributed by atoms with E-state index in [9.17, 15) is 9.59 Å². The molecule has 0 amide bonds. The maximum absolute atomic E-state index is 12.4. The van der Waals surface area contributed by atoms with Gasteiger partial charge in [0.15, 0.2) is 5.52 Å². The van der Waals surface area contributed by atoms with Crippen molar-refractivity contribution in [3.05, 3.63) is 43.1 Å². The van der Waals surface area contributed by atoms with Gasteiger partial charge in [0.05, 0.1) is 7.05 Å². The van der Waals surface area contributed by atoms with Gasteiger partial charge in [-0.15, -0.1) is 0 Å². The Balaban J connectivity index is 2.74. The van der Waals surface area contributed by atoms with Crippen LogP contribution < -0.4 is 15.8 Å². The average molecular weight is 299 g/mol. The number of rotatable bonds is 0. The Morgan fingerprint density at radius 2 is 1.55 bits per heavy atom. The highest BCUT2D eigenvalue weighted by Crippen LogP contribution is 2.26. The zero-order chi connectivity index (χ0) is 16.3. The fourth-order valence-electron chi connectivity index (χ4n) is 2.98. The van der Waals surface area contributed by atoms with Crippen LogP contribution in [-0.4, -0.2) is 14.5 Å². The zero-order valence-corrected chi connectivity index (χ0v) is 13.7. The lowest BCUT2D eigenvalue weighted by Crippen LogP contribution is -2.41. The number of hydrogen-bond acceptors (Lipinski definition) is 3. The lowest BCUT2D eigenvalue weighted by atomic mass is 9.97. The van der Waals surface area contributed by atoms with Crippen molar-refractivity contribution in [2.24, 2.45) is 14.1 Å². The van der Waals surface area contributed by atoms with Gasteiger partial charge in [-0.25, -0.2) is 18.9 Å². The number of hydrogen-bond donors (Lipinski definition) is 1. The fourth-order valence-corrected chi connectivity index (χ4v) is 2.98. The Bertz CT molecular complexity index is 1070. The van der Waals surface area contributed by atoms with Gasteiger partial charge >= 0.3 is 11.3 Å². The van der Waals surface area contributed by atoms with Crippen molar-refractivity contribution < 1.29 is 4.57 Å². The minimum absolute atomic E-state index is 0.280. The van der Waals surface area contributed by atoms with Gasteiger partial charge in [0, 0.05) is 12.6 Å². The lowest BCUT2D eigenvalue weighted by molar-refractivity contribution is -0.620. The largest absolute Gasteiger partial charge is 0.416 e. The van der Waals surface area contributed by atoms with Crippen LogP contribution in [0.1, 0.15) is 22.3 Å². The molecule has 0 aliphatic heterocycles. The molecule has 22 heavy (non-hydrogen) atoms. The molecule has 3 rings (SSSR count). The number of benzene rings is 1. The summed E-state index contributed by atoms with van der Waals surface area (Å²) < 4.78 is 2.90. The van der Waals surface area contributed by atoms with Gasteiger partial charge in [0.25, 0.3) is 5.56 Å². The van der Waals surface area contributed by atoms with E-state index in [2.05, 4.69) is 23.8 Å². The van der Waals surface area contributed by atoms with Crippen molar-refractivity contribution >= 4 is 22.2 Å². The third-order valence-corrected chi connectivity index (χ3v) is 4.78. The van der Waals surface area contributed by atoms with Crippen molar-refractivity contribution in [1.82, 2.24) is 14.5 Å². The molecular weight excluding hydrogens is 280 g/mol. The SMILES string of the molecule is Cc1c(C)c(C)c2c(nc3c(=O)n(C)c(=O)[nH]c3[n+]2C)c1C. The summed E-state index contributed by atoms with van der Waals surface area (Å²) in [6.07, 6.45) is 0. The number of fused-ring (bicyclic) bond motifs is 2. The van der Waals surface area contributed by atoms with Crippen LogP contribution in [0.3, 0.4) is 0 Å². The van der Waals surface area contributed by atoms with Crippen molar-refractivity contribution in [2.75, 3.05) is 0 Å². The number of aromatic amines is 1. The standard InChI is InChI=1S/C16H18N4O2/c1-7-8(2)10(4)13-11(9(7)3)17-12-14(19(13)5)18-16(22)20(6)15(12)21/h1-6H3/p+1. The first-order valence-electron chi connectivity index (χ1n) is 7.14. The van der Waals surface area contributed by atoms with Crippen LogP contribution in [0.5, 0.6) is 0 Å². The van der Waals surface area contributed by atoms with Gasteiger partial charge < -0.3 is 0 Å². The molecule has 6 nitrogen and oxygen atoms in total. The molecular formula is C16H19N4O2+. The number of aromatic nitrogens is 4. The topological polar surface area (TPSA) is 71.6 Å². The van der Waals surface area contributed by atoms with E-state index in [1.54, 1.807) is 0 Å². The maximum Gasteiger partial charge on any atom is 0.416 e. The quantitative estimate of drug-likeness (QED) is 0.494. The smallest absolute Gasteiger partial charge is 0.266 e. The lowest BCUT2D eigenvalue weighted by Gasteiger charge is -2.13. The molecule has 0 radical (unpaired) electrons. The Kier molecular flexibility index (Phi) is 2.95. The van der Waals surface area contributed by atoms with E-state index >= 15 is 0 Å². The molecule has 0 spiro atoms. The van der Waals surface area contributed by atoms with E-state index in [-0.39, 0.29) is 11.1 Å². The molecule has 114 valence electrons. The van der Waals surface area contributed by atoms with Crippen LogP contribution in [0.25, 0.3) is 22.2 Å². The van der Waals surface area contributed by atoms with E-state index in [0.717, 1.165) is 26.7 Å². The summed E-state index contributed by atoms with van der Waals surface area (Å²) in [6, 6.07) is 0. The number of nitrogens with one attached hydrogen (secondary N) is 1. The molecule has 0 aliphatic rings. The van der Waals surface area contributed by atoms with Crippen LogP contribution in [0.2, 0.25) is 0 Å². The first kappa shape index (κ1) is 14.4. The van der Waals surface area contributed by atoms with Gasteiger partial charge in [-0.2, -0.15) is 4.98 Å². The first-order chi connectivity index (χ1) is 10.3. The van der Waals surface area contributed by atoms with Gasteiger partial charge in [0.1, 0.15) is 5.52 Å². The van der Waals surface area contributed by atoms with E-state index in [1.165, 1.54) is 18.2 Å². The van der Waals surface area contributed by atoms with Gasteiger partial charge in [-0.3, -0.25) is 4.79 Å². The molecule has 0 saturated heterocycles. The number of aryl methyl sites for hydroxylation is 3. The van der Waals surface area contributed by atoms with E-state index < -0.39 is 5.69 Å². The Labute approximate surface area is 127 Å². The van der Waals surface area contributed by atoms with Crippen molar-refractivity contribution in [1.29, 1.82) is 0 Å². The highest BCUT2D eigenvalue weighted by molar-refractivity contribution is 5.85. The highest BCUT2D eigenvalue weighted by Gasteiger charge is 2.22. The summed E-state index contributed by atoms with van der Waals surface area (Å²) in [7, 11) is 3.30. The zero-order valence-electron chi connectivity index (χ0n) is 13.7. The average Bonchev–Trinajstić information content (AvgIpc) is 2.49. The first-order valence-corrected chi connectivity index (χ1v) is 7.14. The molecule has 6 heteroatoms. The summed E-state index contributed by atoms with van der Waals surface area (Å²) in [5.41, 5.74) is 6.20. The summed E-state index contributed by atoms with van der Waals surface area (Å²) in [5.74, 6) is 0. The van der Waals surface area contributed by atoms with Gasteiger partial charge in [-0.1, -0.05) is 0 Å². The molecule has 1 aromatic carbocycles. The van der Waals surface area contributed by atoms with Gasteiger partial charge in [0.2, 0.25) is 5.52 Å². The molecule has 2 heterocycles. The van der Waals surface area contributed by atoms with E-state index in [1.807, 2.05) is 25.5 Å². The third kappa shape index (κ3) is 1.66. The molecule has 3 aromatic rings. The number of H-pyrrole nitrogens is 1. The molecule has 2 aromatic heterocycles. The predicted octanol–water partition coefficient (Wildman–Crippen LogP) is 0.833. The van der Waals surface area contributed by atoms with Crippen LogP contribution in [-0.2, 0) is 14.1 Å². The van der Waals surface area contributed by atoms with E-state index in [0.29, 0.717) is 5.65 Å². The Morgan fingerprint density at radius 1 is 0.955 bits per heavy atom. The highest BCUT2D eigenvalue weighted by atomic mass is 16.2. The normalized spacial score (nSPS) is 11.5. The minimum atomic E-state index is -0.438. The summed E-state index contributed by atoms with van der Waals surface area (Å²) in [6.45, 7) is 8.19. The Hall–Kier alpha value is -2.50. The molecule has 0 bridgehead atoms. The number of nitrogens with zero attached hydrogens (tertiary/aromatic N) is 3. The van der Waals surface area contributed by atoms with Crippen molar-refractivity contribution in [3.63, 3.8) is 0 Å². The van der Waals surface area contributed by atoms with Crippen molar-refractivity contribution in [2.45, 2.75) is 27.7 Å². The van der Waals surface area contributed by atoms with Crippen LogP contribution in [0, 0.1) is 27.7 Å². The summed E-state index contributed by atoms with van der Waals surface area (Å²) >= 11 is 0. The summed E-state index contributed by atoms with van der Waals surface area (Å²) in [4.78, 5) is 31.6. The third-order valence-electron chi connectivity index (χ3n) is 4.78. The Morgan fingerprint density at radius 3 is 2.18 bits per heavy atom. The van der Waals surface area contributed by atoms with Crippen LogP contribution >= 0.6 is 0 Å². The van der Waals surface area contributed by atoms with Crippen molar-refractivity contribution in [3.8, 4) is 0 Å². The minimum Gasteiger partial charge on any atom is -0.266 e. The molecule has 0 atom stereocenters. The second-order valence-corrected chi connectivity index (χ2v) is 5.86. The fraction of sp³-hybridized carbons (Fsp3) is 0.375. The van der Waals surface area contributed by atoms with Crippen LogP contribution in [0.4, 0.5) is 0 Å². The van der Waals surface area contributed by atoms with Crippen LogP contribution in [0.15, 0.2) is 9.59 Å². The molecule has 0 unspecified atom stereocenters. The molecule has 1 N–H and O–H groups in total. The monoisotopic (exact) mass is 299 g/mol. The predicted molar refractivity (Wildman–Crippen MR) is 85.2 cm³/mol. The molecule has 0 fully saturated rings. The van der Waals surface area contributed by atoms with E-state index in [4.69, 9.17) is 0 Å². The second kappa shape index (κ2) is 4.50. The maximum atomic E-state index is 12.4. The molecule has 0 aliphatic carbocycles. The van der Waals surface area contributed by atoms with Gasteiger partial charge in [-0.05, 0) is 44.4 Å². The summed E-state index contributed by atoms with van der Waals surface area (Å²) in [5, 5.41) is 0. The molecule has 0 saturated carbocycles. The second-order valence-electron chi connectivity index (χ2n) is 5.86.